The van der Waals surface area contributed by atoms with Crippen molar-refractivity contribution < 1.29 is 4.74 Å². The lowest BCUT2D eigenvalue weighted by atomic mass is 10.1. The average molecular weight is 238 g/mol. The fourth-order valence-electron chi connectivity index (χ4n) is 1.08. The molecule has 5 nitrogen and oxygen atoms in total. The van der Waals surface area contributed by atoms with E-state index in [9.17, 15) is 0 Å². The van der Waals surface area contributed by atoms with Crippen LogP contribution in [0.1, 0.15) is 19.5 Å². The third-order valence-electron chi connectivity index (χ3n) is 2.84. The van der Waals surface area contributed by atoms with Gasteiger partial charge in [-0.1, -0.05) is 0 Å². The van der Waals surface area contributed by atoms with Gasteiger partial charge in [-0.25, -0.2) is 0 Å². The number of nitrogens with zero attached hydrogens (tertiary/aromatic N) is 3. The molecule has 1 aromatic heterocycles. The van der Waals surface area contributed by atoms with Crippen LogP contribution in [0.5, 0.6) is 5.88 Å². The summed E-state index contributed by atoms with van der Waals surface area (Å²) in [6.07, 6.45) is 0. The molecule has 1 rings (SSSR count). The molecule has 1 N–H and O–H groups in total. The minimum atomic E-state index is -0.0225. The third kappa shape index (κ3) is 4.28. The summed E-state index contributed by atoms with van der Waals surface area (Å²) in [6.45, 7) is 5.54. The average Bonchev–Trinajstić information content (AvgIpc) is 2.28. The number of ether oxygens (including phenoxy) is 1. The van der Waals surface area contributed by atoms with Crippen LogP contribution in [0.2, 0.25) is 0 Å². The first-order valence-corrected chi connectivity index (χ1v) is 5.73. The van der Waals surface area contributed by atoms with Crippen LogP contribution >= 0.6 is 0 Å². The molecule has 5 heteroatoms. The maximum Gasteiger partial charge on any atom is 0.233 e. The van der Waals surface area contributed by atoms with Crippen LogP contribution in [0.4, 0.5) is 0 Å². The summed E-state index contributed by atoms with van der Waals surface area (Å²) in [5.41, 5.74) is 0.887. The van der Waals surface area contributed by atoms with Gasteiger partial charge in [0.05, 0.1) is 5.69 Å². The lowest BCUT2D eigenvalue weighted by Crippen LogP contribution is -2.43. The van der Waals surface area contributed by atoms with Crippen LogP contribution in [0.15, 0.2) is 12.1 Å². The van der Waals surface area contributed by atoms with E-state index in [1.807, 2.05) is 33.3 Å². The number of hydrogen-bond acceptors (Lipinski definition) is 5. The Morgan fingerprint density at radius 2 is 2.00 bits per heavy atom. The molecule has 17 heavy (non-hydrogen) atoms. The van der Waals surface area contributed by atoms with Crippen LogP contribution in [-0.4, -0.2) is 48.4 Å². The minimum absolute atomic E-state index is 0.0225. The summed E-state index contributed by atoms with van der Waals surface area (Å²) in [4.78, 5) is 2.12. The van der Waals surface area contributed by atoms with Gasteiger partial charge in [0.2, 0.25) is 5.88 Å². The summed E-state index contributed by atoms with van der Waals surface area (Å²) in [6, 6.07) is 3.77. The van der Waals surface area contributed by atoms with E-state index >= 15 is 0 Å². The molecular formula is C12H22N4O. The van der Waals surface area contributed by atoms with Crippen molar-refractivity contribution in [3.8, 4) is 5.88 Å². The van der Waals surface area contributed by atoms with E-state index in [0.29, 0.717) is 12.5 Å². The molecule has 1 heterocycles. The monoisotopic (exact) mass is 238 g/mol. The van der Waals surface area contributed by atoms with Crippen molar-refractivity contribution in [1.29, 1.82) is 0 Å². The molecule has 0 aromatic carbocycles. The summed E-state index contributed by atoms with van der Waals surface area (Å²) >= 11 is 0. The highest BCUT2D eigenvalue weighted by Crippen LogP contribution is 2.13. The fourth-order valence-corrected chi connectivity index (χ4v) is 1.08. The lowest BCUT2D eigenvalue weighted by Gasteiger charge is -2.31. The van der Waals surface area contributed by atoms with Crippen molar-refractivity contribution in [3.63, 3.8) is 0 Å². The van der Waals surface area contributed by atoms with Gasteiger partial charge in [0.15, 0.2) is 0 Å². The number of rotatable bonds is 6. The highest BCUT2D eigenvalue weighted by atomic mass is 16.5. The molecule has 96 valence electrons. The molecule has 0 aliphatic heterocycles. The Kier molecular flexibility index (Phi) is 4.84. The Balaban J connectivity index is 2.52. The predicted octanol–water partition coefficient (Wildman–Crippen LogP) is 0.915. The first-order valence-electron chi connectivity index (χ1n) is 5.73. The lowest BCUT2D eigenvalue weighted by molar-refractivity contribution is 0.110. The first kappa shape index (κ1) is 13.9. The molecule has 0 bridgehead atoms. The predicted molar refractivity (Wildman–Crippen MR) is 68.1 cm³/mol. The third-order valence-corrected chi connectivity index (χ3v) is 2.84. The topological polar surface area (TPSA) is 50.3 Å². The highest BCUT2D eigenvalue weighted by molar-refractivity contribution is 5.11. The smallest absolute Gasteiger partial charge is 0.233 e. The second kappa shape index (κ2) is 5.93. The fraction of sp³-hybridized carbons (Fsp3) is 0.667. The summed E-state index contributed by atoms with van der Waals surface area (Å²) < 4.78 is 5.63. The summed E-state index contributed by atoms with van der Waals surface area (Å²) in [5.74, 6) is 0.569. The normalized spacial score (nSPS) is 11.9. The number of likely N-dealkylation sites (N-methyl/N-ethyl adjacent to an activating group) is 1. The zero-order valence-electron chi connectivity index (χ0n) is 11.3. The number of nitrogens with one attached hydrogen (secondary N) is 1. The van der Waals surface area contributed by atoms with Gasteiger partial charge in [0, 0.05) is 18.2 Å². The van der Waals surface area contributed by atoms with E-state index in [1.54, 1.807) is 0 Å². The molecule has 0 radical (unpaired) electrons. The molecule has 0 saturated carbocycles. The van der Waals surface area contributed by atoms with E-state index in [0.717, 1.165) is 12.2 Å². The molecule has 0 spiro atoms. The van der Waals surface area contributed by atoms with Crippen molar-refractivity contribution in [2.75, 3.05) is 27.7 Å². The van der Waals surface area contributed by atoms with Crippen molar-refractivity contribution >= 4 is 0 Å². The second-order valence-corrected chi connectivity index (χ2v) is 4.89. The quantitative estimate of drug-likeness (QED) is 0.798. The maximum atomic E-state index is 5.63. The van der Waals surface area contributed by atoms with Crippen LogP contribution in [-0.2, 0) is 6.54 Å². The van der Waals surface area contributed by atoms with E-state index in [-0.39, 0.29) is 5.54 Å². The Morgan fingerprint density at radius 1 is 1.29 bits per heavy atom. The van der Waals surface area contributed by atoms with Gasteiger partial charge in [-0.3, -0.25) is 0 Å². The Hall–Kier alpha value is -1.20. The maximum absolute atomic E-state index is 5.63. The Bertz CT molecular complexity index is 335. The van der Waals surface area contributed by atoms with Gasteiger partial charge in [-0.2, -0.15) is 5.10 Å². The summed E-state index contributed by atoms with van der Waals surface area (Å²) in [7, 11) is 5.95. The Morgan fingerprint density at radius 3 is 2.47 bits per heavy atom. The molecule has 0 fully saturated rings. The zero-order valence-corrected chi connectivity index (χ0v) is 11.3. The van der Waals surface area contributed by atoms with Gasteiger partial charge in [0.25, 0.3) is 0 Å². The zero-order chi connectivity index (χ0) is 12.9. The van der Waals surface area contributed by atoms with E-state index in [2.05, 4.69) is 34.3 Å². The number of aromatic nitrogens is 2. The van der Waals surface area contributed by atoms with Gasteiger partial charge in [-0.15, -0.1) is 5.10 Å². The van der Waals surface area contributed by atoms with Crippen molar-refractivity contribution in [1.82, 2.24) is 20.4 Å². The largest absolute Gasteiger partial charge is 0.475 e. The molecule has 0 amide bonds. The molecule has 0 saturated heterocycles. The molecular weight excluding hydrogens is 216 g/mol. The standard InChI is InChI=1S/C12H22N4O/c1-12(2,16(4)5)9-17-11-7-6-10(8-13-3)14-15-11/h6-7,13H,8-9H2,1-5H3. The van der Waals surface area contributed by atoms with E-state index < -0.39 is 0 Å². The van der Waals surface area contributed by atoms with Crippen LogP contribution in [0.25, 0.3) is 0 Å². The van der Waals surface area contributed by atoms with Gasteiger partial charge in [-0.05, 0) is 41.1 Å². The van der Waals surface area contributed by atoms with E-state index in [1.165, 1.54) is 0 Å². The SMILES string of the molecule is CNCc1ccc(OCC(C)(C)N(C)C)nn1. The highest BCUT2D eigenvalue weighted by Gasteiger charge is 2.21. The van der Waals surface area contributed by atoms with E-state index in [4.69, 9.17) is 4.74 Å². The van der Waals surface area contributed by atoms with Gasteiger partial charge < -0.3 is 15.0 Å². The first-order chi connectivity index (χ1) is 7.95. The van der Waals surface area contributed by atoms with Crippen LogP contribution < -0.4 is 10.1 Å². The number of hydrogen-bond donors (Lipinski definition) is 1. The van der Waals surface area contributed by atoms with Crippen molar-refractivity contribution in [3.05, 3.63) is 17.8 Å². The second-order valence-electron chi connectivity index (χ2n) is 4.89. The minimum Gasteiger partial charge on any atom is -0.475 e. The van der Waals surface area contributed by atoms with Crippen molar-refractivity contribution in [2.24, 2.45) is 0 Å². The molecule has 0 atom stereocenters. The summed E-state index contributed by atoms with van der Waals surface area (Å²) in [5, 5.41) is 11.1. The van der Waals surface area contributed by atoms with Crippen molar-refractivity contribution in [2.45, 2.75) is 25.9 Å². The van der Waals surface area contributed by atoms with Gasteiger partial charge in [0.1, 0.15) is 6.61 Å². The molecule has 1 aromatic rings. The molecule has 0 aliphatic carbocycles. The molecule has 0 aliphatic rings. The van der Waals surface area contributed by atoms with Gasteiger partial charge >= 0.3 is 0 Å². The Labute approximate surface area is 103 Å². The molecule has 0 unspecified atom stereocenters. The van der Waals surface area contributed by atoms with Crippen LogP contribution in [0, 0.1) is 0 Å². The van der Waals surface area contributed by atoms with Crippen LogP contribution in [0.3, 0.4) is 0 Å².